The van der Waals surface area contributed by atoms with Crippen LogP contribution in [0.25, 0.3) is 0 Å². The van der Waals surface area contributed by atoms with Gasteiger partial charge in [-0.2, -0.15) is 0 Å². The molecular weight excluding hydrogens is 224 g/mol. The number of carbonyl (C=O) groups is 1. The summed E-state index contributed by atoms with van der Waals surface area (Å²) in [6, 6.07) is 0.348. The molecule has 0 spiro atoms. The fourth-order valence-corrected chi connectivity index (χ4v) is 3.06. The van der Waals surface area contributed by atoms with Gasteiger partial charge < -0.3 is 10.6 Å². The molecule has 106 valence electrons. The zero-order chi connectivity index (χ0) is 13.6. The standard InChI is InChI=1S/C15H30N2O/c1-4-8-13(2)17(3)14(18)11-15(12-16)9-6-5-7-10-15/h13H,4-12,16H2,1-3H3. The first-order valence-corrected chi connectivity index (χ1v) is 7.50. The molecule has 0 aliphatic heterocycles. The molecule has 0 radical (unpaired) electrons. The number of nitrogens with two attached hydrogens (primary N) is 1. The predicted molar refractivity (Wildman–Crippen MR) is 76.3 cm³/mol. The van der Waals surface area contributed by atoms with Gasteiger partial charge in [0.05, 0.1) is 0 Å². The molecule has 1 aliphatic rings. The van der Waals surface area contributed by atoms with Crippen LogP contribution in [0.5, 0.6) is 0 Å². The summed E-state index contributed by atoms with van der Waals surface area (Å²) >= 11 is 0. The fraction of sp³-hybridized carbons (Fsp3) is 0.933. The van der Waals surface area contributed by atoms with Crippen molar-refractivity contribution in [2.45, 2.75) is 71.3 Å². The molecule has 0 heterocycles. The van der Waals surface area contributed by atoms with Gasteiger partial charge >= 0.3 is 0 Å². The lowest BCUT2D eigenvalue weighted by atomic mass is 9.71. The summed E-state index contributed by atoms with van der Waals surface area (Å²) in [6.07, 6.45) is 8.89. The van der Waals surface area contributed by atoms with Crippen molar-refractivity contribution in [3.05, 3.63) is 0 Å². The Morgan fingerprint density at radius 3 is 2.44 bits per heavy atom. The molecule has 0 aromatic rings. The summed E-state index contributed by atoms with van der Waals surface area (Å²) in [7, 11) is 1.94. The molecule has 0 saturated heterocycles. The molecular formula is C15H30N2O. The molecule has 18 heavy (non-hydrogen) atoms. The SMILES string of the molecule is CCCC(C)N(C)C(=O)CC1(CN)CCCCC1. The third-order valence-corrected chi connectivity index (χ3v) is 4.63. The molecule has 1 rings (SSSR count). The molecule has 1 amide bonds. The van der Waals surface area contributed by atoms with Gasteiger partial charge in [0.1, 0.15) is 0 Å². The lowest BCUT2D eigenvalue weighted by molar-refractivity contribution is -0.134. The van der Waals surface area contributed by atoms with E-state index in [9.17, 15) is 4.79 Å². The molecule has 3 nitrogen and oxygen atoms in total. The molecule has 3 heteroatoms. The summed E-state index contributed by atoms with van der Waals surface area (Å²) in [4.78, 5) is 14.3. The highest BCUT2D eigenvalue weighted by Gasteiger charge is 2.34. The van der Waals surface area contributed by atoms with Crippen LogP contribution in [0.1, 0.15) is 65.2 Å². The Morgan fingerprint density at radius 1 is 1.33 bits per heavy atom. The van der Waals surface area contributed by atoms with Crippen molar-refractivity contribution >= 4 is 5.91 Å². The van der Waals surface area contributed by atoms with Crippen LogP contribution in [0.4, 0.5) is 0 Å². The lowest BCUT2D eigenvalue weighted by Gasteiger charge is -2.37. The van der Waals surface area contributed by atoms with E-state index in [4.69, 9.17) is 5.73 Å². The van der Waals surface area contributed by atoms with Crippen molar-refractivity contribution in [3.8, 4) is 0 Å². The van der Waals surface area contributed by atoms with Crippen molar-refractivity contribution in [1.82, 2.24) is 4.90 Å². The lowest BCUT2D eigenvalue weighted by Crippen LogP contribution is -2.42. The minimum atomic E-state index is 0.0928. The number of nitrogens with zero attached hydrogens (tertiary/aromatic N) is 1. The van der Waals surface area contributed by atoms with Crippen molar-refractivity contribution < 1.29 is 4.79 Å². The minimum absolute atomic E-state index is 0.0928. The van der Waals surface area contributed by atoms with Gasteiger partial charge in [-0.3, -0.25) is 4.79 Å². The molecule has 0 aromatic carbocycles. The van der Waals surface area contributed by atoms with Gasteiger partial charge in [0.25, 0.3) is 0 Å². The molecule has 1 unspecified atom stereocenters. The molecule has 1 saturated carbocycles. The van der Waals surface area contributed by atoms with E-state index in [0.29, 0.717) is 19.0 Å². The van der Waals surface area contributed by atoms with E-state index in [1.54, 1.807) is 0 Å². The number of carbonyl (C=O) groups excluding carboxylic acids is 1. The van der Waals surface area contributed by atoms with Gasteiger partial charge in [-0.1, -0.05) is 32.6 Å². The van der Waals surface area contributed by atoms with Crippen LogP contribution in [0.2, 0.25) is 0 Å². The monoisotopic (exact) mass is 254 g/mol. The predicted octanol–water partition coefficient (Wildman–Crippen LogP) is 2.93. The number of amides is 1. The molecule has 0 bridgehead atoms. The van der Waals surface area contributed by atoms with Gasteiger partial charge in [0.15, 0.2) is 0 Å². The fourth-order valence-electron chi connectivity index (χ4n) is 3.06. The zero-order valence-electron chi connectivity index (χ0n) is 12.4. The van der Waals surface area contributed by atoms with Gasteiger partial charge in [-0.05, 0) is 38.1 Å². The van der Waals surface area contributed by atoms with Gasteiger partial charge in [0, 0.05) is 19.5 Å². The quantitative estimate of drug-likeness (QED) is 0.792. The van der Waals surface area contributed by atoms with E-state index in [2.05, 4.69) is 13.8 Å². The Bertz CT molecular complexity index is 259. The van der Waals surface area contributed by atoms with E-state index >= 15 is 0 Å². The maximum atomic E-state index is 12.4. The number of rotatable bonds is 6. The first kappa shape index (κ1) is 15.5. The third kappa shape index (κ3) is 3.98. The molecule has 1 fully saturated rings. The van der Waals surface area contributed by atoms with Crippen LogP contribution in [0.3, 0.4) is 0 Å². The summed E-state index contributed by atoms with van der Waals surface area (Å²) in [5.41, 5.74) is 6.04. The second-order valence-electron chi connectivity index (χ2n) is 6.08. The summed E-state index contributed by atoms with van der Waals surface area (Å²) in [5, 5.41) is 0. The first-order valence-electron chi connectivity index (χ1n) is 7.50. The van der Waals surface area contributed by atoms with Gasteiger partial charge in [-0.25, -0.2) is 0 Å². The summed E-state index contributed by atoms with van der Waals surface area (Å²) in [6.45, 7) is 4.96. The van der Waals surface area contributed by atoms with Crippen molar-refractivity contribution in [2.24, 2.45) is 11.1 Å². The highest BCUT2D eigenvalue weighted by Crippen LogP contribution is 2.38. The Labute approximate surface area is 112 Å². The highest BCUT2D eigenvalue weighted by atomic mass is 16.2. The maximum absolute atomic E-state index is 12.4. The third-order valence-electron chi connectivity index (χ3n) is 4.63. The zero-order valence-corrected chi connectivity index (χ0v) is 12.4. The topological polar surface area (TPSA) is 46.3 Å². The van der Waals surface area contributed by atoms with Crippen LogP contribution in [-0.2, 0) is 4.79 Å². The highest BCUT2D eigenvalue weighted by molar-refractivity contribution is 5.77. The van der Waals surface area contributed by atoms with Crippen molar-refractivity contribution in [1.29, 1.82) is 0 Å². The van der Waals surface area contributed by atoms with Crippen molar-refractivity contribution in [3.63, 3.8) is 0 Å². The molecule has 1 aliphatic carbocycles. The van der Waals surface area contributed by atoms with E-state index in [0.717, 1.165) is 25.7 Å². The average molecular weight is 254 g/mol. The Balaban J connectivity index is 2.55. The van der Waals surface area contributed by atoms with Crippen LogP contribution < -0.4 is 5.73 Å². The van der Waals surface area contributed by atoms with Gasteiger partial charge in [-0.15, -0.1) is 0 Å². The van der Waals surface area contributed by atoms with E-state index in [1.807, 2.05) is 11.9 Å². The van der Waals surface area contributed by atoms with E-state index < -0.39 is 0 Å². The van der Waals surface area contributed by atoms with Crippen LogP contribution >= 0.6 is 0 Å². The van der Waals surface area contributed by atoms with Gasteiger partial charge in [0.2, 0.25) is 5.91 Å². The Hall–Kier alpha value is -0.570. The molecule has 1 atom stereocenters. The van der Waals surface area contributed by atoms with Crippen molar-refractivity contribution in [2.75, 3.05) is 13.6 Å². The second-order valence-corrected chi connectivity index (χ2v) is 6.08. The van der Waals surface area contributed by atoms with Crippen LogP contribution in [0.15, 0.2) is 0 Å². The number of hydrogen-bond acceptors (Lipinski definition) is 2. The number of hydrogen-bond donors (Lipinski definition) is 1. The summed E-state index contributed by atoms with van der Waals surface area (Å²) in [5.74, 6) is 0.281. The van der Waals surface area contributed by atoms with Crippen LogP contribution in [-0.4, -0.2) is 30.4 Å². The average Bonchev–Trinajstić information content (AvgIpc) is 2.39. The largest absolute Gasteiger partial charge is 0.343 e. The Morgan fingerprint density at radius 2 is 1.94 bits per heavy atom. The van der Waals surface area contributed by atoms with Crippen LogP contribution in [0, 0.1) is 5.41 Å². The Kier molecular flexibility index (Phi) is 6.13. The van der Waals surface area contributed by atoms with E-state index in [-0.39, 0.29) is 11.3 Å². The smallest absolute Gasteiger partial charge is 0.223 e. The normalized spacial score (nSPS) is 20.4. The minimum Gasteiger partial charge on any atom is -0.343 e. The molecule has 0 aromatic heterocycles. The molecule has 2 N–H and O–H groups in total. The second kappa shape index (κ2) is 7.13. The first-order chi connectivity index (χ1) is 8.54. The summed E-state index contributed by atoms with van der Waals surface area (Å²) < 4.78 is 0. The van der Waals surface area contributed by atoms with E-state index in [1.165, 1.54) is 19.3 Å². The maximum Gasteiger partial charge on any atom is 0.223 e.